The molecule has 0 spiro atoms. The summed E-state index contributed by atoms with van der Waals surface area (Å²) in [6.45, 7) is 1.47. The zero-order valence-corrected chi connectivity index (χ0v) is 9.06. The second-order valence-corrected chi connectivity index (χ2v) is 3.41. The summed E-state index contributed by atoms with van der Waals surface area (Å²) in [4.78, 5) is 24.5. The summed E-state index contributed by atoms with van der Waals surface area (Å²) in [5.41, 5.74) is 4.75. The number of primary amides is 1. The summed E-state index contributed by atoms with van der Waals surface area (Å²) >= 11 is 5.59. The van der Waals surface area contributed by atoms with E-state index in [1.165, 1.54) is 19.1 Å². The minimum absolute atomic E-state index is 0.0798. The van der Waals surface area contributed by atoms with Crippen LogP contribution in [0.1, 0.15) is 6.92 Å². The molecule has 1 aromatic heterocycles. The van der Waals surface area contributed by atoms with Gasteiger partial charge in [-0.1, -0.05) is 11.6 Å². The molecule has 16 heavy (non-hydrogen) atoms. The first kappa shape index (κ1) is 12.2. The van der Waals surface area contributed by atoms with Crippen LogP contribution in [0.3, 0.4) is 0 Å². The maximum absolute atomic E-state index is 10.8. The third-order valence-corrected chi connectivity index (χ3v) is 2.03. The SMILES string of the molecule is CC(Nc1nc(Cl)ccc1[N+](=O)[O-])C(N)=O. The van der Waals surface area contributed by atoms with E-state index < -0.39 is 16.9 Å². The number of nitro groups is 1. The molecule has 0 aromatic carbocycles. The van der Waals surface area contributed by atoms with Crippen LogP contribution in [0.4, 0.5) is 11.5 Å². The summed E-state index contributed by atoms with van der Waals surface area (Å²) in [6.07, 6.45) is 0. The Hall–Kier alpha value is -1.89. The van der Waals surface area contributed by atoms with Crippen molar-refractivity contribution in [2.45, 2.75) is 13.0 Å². The van der Waals surface area contributed by atoms with Crippen LogP contribution in [0.2, 0.25) is 5.15 Å². The molecule has 0 aliphatic carbocycles. The lowest BCUT2D eigenvalue weighted by Gasteiger charge is -2.10. The van der Waals surface area contributed by atoms with Crippen molar-refractivity contribution in [2.24, 2.45) is 5.73 Å². The molecule has 7 nitrogen and oxygen atoms in total. The number of anilines is 1. The average Bonchev–Trinajstić information content (AvgIpc) is 2.16. The van der Waals surface area contributed by atoms with Gasteiger partial charge < -0.3 is 11.1 Å². The Morgan fingerprint density at radius 2 is 2.31 bits per heavy atom. The average molecular weight is 245 g/mol. The van der Waals surface area contributed by atoms with Gasteiger partial charge in [-0.2, -0.15) is 0 Å². The summed E-state index contributed by atoms with van der Waals surface area (Å²) in [7, 11) is 0. The van der Waals surface area contributed by atoms with Crippen LogP contribution in [0.25, 0.3) is 0 Å². The van der Waals surface area contributed by atoms with Crippen molar-refractivity contribution in [1.82, 2.24) is 4.98 Å². The van der Waals surface area contributed by atoms with Gasteiger partial charge in [0.2, 0.25) is 11.7 Å². The highest BCUT2D eigenvalue weighted by molar-refractivity contribution is 6.29. The molecule has 1 aromatic rings. The monoisotopic (exact) mass is 244 g/mol. The molecule has 0 radical (unpaired) electrons. The molecule has 0 aliphatic rings. The Morgan fingerprint density at radius 1 is 1.69 bits per heavy atom. The molecular formula is C8H9ClN4O3. The lowest BCUT2D eigenvalue weighted by molar-refractivity contribution is -0.384. The summed E-state index contributed by atoms with van der Waals surface area (Å²) < 4.78 is 0. The topological polar surface area (TPSA) is 111 Å². The minimum Gasteiger partial charge on any atom is -0.368 e. The molecule has 86 valence electrons. The van der Waals surface area contributed by atoms with Crippen LogP contribution in [0, 0.1) is 10.1 Å². The normalized spacial score (nSPS) is 11.9. The number of carbonyl (C=O) groups excluding carboxylic acids is 1. The van der Waals surface area contributed by atoms with Crippen LogP contribution in [-0.4, -0.2) is 21.9 Å². The molecule has 0 saturated carbocycles. The van der Waals surface area contributed by atoms with Gasteiger partial charge in [-0.25, -0.2) is 4.98 Å². The van der Waals surface area contributed by atoms with E-state index in [9.17, 15) is 14.9 Å². The van der Waals surface area contributed by atoms with Crippen LogP contribution < -0.4 is 11.1 Å². The number of carbonyl (C=O) groups is 1. The second kappa shape index (κ2) is 4.75. The van der Waals surface area contributed by atoms with E-state index in [0.29, 0.717) is 0 Å². The molecule has 1 rings (SSSR count). The Kier molecular flexibility index (Phi) is 3.62. The number of rotatable bonds is 4. The van der Waals surface area contributed by atoms with Gasteiger partial charge in [-0.15, -0.1) is 0 Å². The Balaban J connectivity index is 3.05. The van der Waals surface area contributed by atoms with Crippen molar-refractivity contribution in [1.29, 1.82) is 0 Å². The highest BCUT2D eigenvalue weighted by Crippen LogP contribution is 2.24. The molecule has 1 amide bonds. The zero-order chi connectivity index (χ0) is 12.3. The van der Waals surface area contributed by atoms with E-state index in [2.05, 4.69) is 10.3 Å². The number of hydrogen-bond donors (Lipinski definition) is 2. The van der Waals surface area contributed by atoms with Crippen molar-refractivity contribution in [3.63, 3.8) is 0 Å². The quantitative estimate of drug-likeness (QED) is 0.465. The van der Waals surface area contributed by atoms with Crippen molar-refractivity contribution in [2.75, 3.05) is 5.32 Å². The third-order valence-electron chi connectivity index (χ3n) is 1.82. The first-order valence-corrected chi connectivity index (χ1v) is 4.66. The van der Waals surface area contributed by atoms with Crippen molar-refractivity contribution in [3.8, 4) is 0 Å². The van der Waals surface area contributed by atoms with Gasteiger partial charge in [0, 0.05) is 6.07 Å². The van der Waals surface area contributed by atoms with Crippen molar-refractivity contribution < 1.29 is 9.72 Å². The second-order valence-electron chi connectivity index (χ2n) is 3.03. The molecule has 8 heteroatoms. The van der Waals surface area contributed by atoms with Gasteiger partial charge in [-0.05, 0) is 13.0 Å². The lowest BCUT2D eigenvalue weighted by atomic mass is 10.3. The molecule has 0 fully saturated rings. The predicted molar refractivity (Wildman–Crippen MR) is 58.2 cm³/mol. The number of pyridine rings is 1. The van der Waals surface area contributed by atoms with Gasteiger partial charge >= 0.3 is 5.69 Å². The lowest BCUT2D eigenvalue weighted by Crippen LogP contribution is -2.33. The van der Waals surface area contributed by atoms with E-state index in [0.717, 1.165) is 0 Å². The van der Waals surface area contributed by atoms with E-state index in [-0.39, 0.29) is 16.7 Å². The van der Waals surface area contributed by atoms with Gasteiger partial charge in [0.25, 0.3) is 0 Å². The molecular weight excluding hydrogens is 236 g/mol. The maximum atomic E-state index is 10.8. The minimum atomic E-state index is -0.773. The van der Waals surface area contributed by atoms with E-state index in [1.807, 2.05) is 0 Å². The number of amides is 1. The number of hydrogen-bond acceptors (Lipinski definition) is 5. The number of nitrogens with one attached hydrogen (secondary N) is 1. The fraction of sp³-hybridized carbons (Fsp3) is 0.250. The van der Waals surface area contributed by atoms with Crippen molar-refractivity contribution in [3.05, 3.63) is 27.4 Å². The number of aromatic nitrogens is 1. The third kappa shape index (κ3) is 2.80. The summed E-state index contributed by atoms with van der Waals surface area (Å²) in [5, 5.41) is 13.3. The summed E-state index contributed by atoms with van der Waals surface area (Å²) in [6, 6.07) is 1.72. The summed E-state index contributed by atoms with van der Waals surface area (Å²) in [5.74, 6) is -0.722. The molecule has 1 unspecified atom stereocenters. The molecule has 0 aliphatic heterocycles. The zero-order valence-electron chi connectivity index (χ0n) is 8.31. The Bertz CT molecular complexity index is 437. The van der Waals surface area contributed by atoms with E-state index in [4.69, 9.17) is 17.3 Å². The van der Waals surface area contributed by atoms with Gasteiger partial charge in [0.1, 0.15) is 11.2 Å². The molecule has 1 atom stereocenters. The van der Waals surface area contributed by atoms with E-state index in [1.54, 1.807) is 0 Å². The first-order chi connectivity index (χ1) is 7.41. The van der Waals surface area contributed by atoms with Crippen LogP contribution >= 0.6 is 11.6 Å². The Labute approximate surface area is 95.8 Å². The number of nitrogens with two attached hydrogens (primary N) is 1. The smallest absolute Gasteiger partial charge is 0.311 e. The molecule has 0 bridgehead atoms. The van der Waals surface area contributed by atoms with Gasteiger partial charge in [-0.3, -0.25) is 14.9 Å². The predicted octanol–water partition coefficient (Wildman–Crippen LogP) is 0.929. The highest BCUT2D eigenvalue weighted by Gasteiger charge is 2.19. The number of nitrogens with zero attached hydrogens (tertiary/aromatic N) is 2. The first-order valence-electron chi connectivity index (χ1n) is 4.28. The molecule has 0 saturated heterocycles. The van der Waals surface area contributed by atoms with Gasteiger partial charge in [0.15, 0.2) is 0 Å². The standard InChI is InChI=1S/C8H9ClN4O3/c1-4(7(10)14)11-8-5(13(15)16)2-3-6(9)12-8/h2-4H,1H3,(H2,10,14)(H,11,12). The van der Waals surface area contributed by atoms with Crippen LogP contribution in [0.15, 0.2) is 12.1 Å². The molecule has 3 N–H and O–H groups in total. The maximum Gasteiger partial charge on any atom is 0.311 e. The fourth-order valence-electron chi connectivity index (χ4n) is 0.958. The Morgan fingerprint density at radius 3 is 2.81 bits per heavy atom. The van der Waals surface area contributed by atoms with Crippen LogP contribution in [-0.2, 0) is 4.79 Å². The highest BCUT2D eigenvalue weighted by atomic mass is 35.5. The largest absolute Gasteiger partial charge is 0.368 e. The number of halogens is 1. The van der Waals surface area contributed by atoms with Crippen LogP contribution in [0.5, 0.6) is 0 Å². The fourth-order valence-corrected chi connectivity index (χ4v) is 1.11. The van der Waals surface area contributed by atoms with Gasteiger partial charge in [0.05, 0.1) is 4.92 Å². The van der Waals surface area contributed by atoms with E-state index >= 15 is 0 Å². The van der Waals surface area contributed by atoms with Crippen molar-refractivity contribution >= 4 is 29.0 Å². The molecule has 1 heterocycles.